The van der Waals surface area contributed by atoms with Crippen LogP contribution in [-0.2, 0) is 19.6 Å². The van der Waals surface area contributed by atoms with Crippen LogP contribution in [0.25, 0.3) is 0 Å². The molecular weight excluding hydrogens is 392 g/mol. The maximum Gasteiger partial charge on any atom is 0.265 e. The largest absolute Gasteiger partial charge is 0.481 e. The van der Waals surface area contributed by atoms with Gasteiger partial charge in [-0.3, -0.25) is 4.79 Å². The van der Waals surface area contributed by atoms with E-state index in [1.807, 2.05) is 32.0 Å². The van der Waals surface area contributed by atoms with Crippen molar-refractivity contribution in [3.05, 3.63) is 53.6 Å². The zero-order valence-corrected chi connectivity index (χ0v) is 17.7. The minimum Gasteiger partial charge on any atom is -0.481 e. The third-order valence-corrected chi connectivity index (χ3v) is 6.52. The van der Waals surface area contributed by atoms with Crippen LogP contribution in [0, 0.1) is 13.8 Å². The fourth-order valence-corrected chi connectivity index (χ4v) is 4.56. The zero-order valence-electron chi connectivity index (χ0n) is 16.8. The average Bonchev–Trinajstić information content (AvgIpc) is 2.68. The van der Waals surface area contributed by atoms with Crippen molar-refractivity contribution in [2.24, 2.45) is 0 Å². The first kappa shape index (κ1) is 21.3. The summed E-state index contributed by atoms with van der Waals surface area (Å²) in [5, 5.41) is 2.76. The van der Waals surface area contributed by atoms with Crippen LogP contribution in [0.3, 0.4) is 0 Å². The lowest BCUT2D eigenvalue weighted by molar-refractivity contribution is -0.122. The van der Waals surface area contributed by atoms with Gasteiger partial charge < -0.3 is 14.8 Å². The number of sulfonamides is 1. The van der Waals surface area contributed by atoms with Gasteiger partial charge in [0.1, 0.15) is 5.75 Å². The van der Waals surface area contributed by atoms with E-state index in [2.05, 4.69) is 5.32 Å². The molecule has 1 fully saturated rings. The van der Waals surface area contributed by atoms with Gasteiger partial charge in [-0.1, -0.05) is 6.07 Å². The van der Waals surface area contributed by atoms with Crippen molar-refractivity contribution in [2.45, 2.75) is 31.8 Å². The molecule has 1 saturated heterocycles. The van der Waals surface area contributed by atoms with Crippen molar-refractivity contribution in [2.75, 3.05) is 31.6 Å². The lowest BCUT2D eigenvalue weighted by atomic mass is 10.1. The fourth-order valence-electron chi connectivity index (χ4n) is 3.15. The molecule has 2 aromatic carbocycles. The number of nitrogens with zero attached hydrogens (tertiary/aromatic N) is 1. The molecular formula is C21H26N2O5S. The number of benzene rings is 2. The number of rotatable bonds is 6. The SMILES string of the molecule is Cc1cc(C)cc(O[C@@H](C)C(=O)Nc2ccc(S(=O)(=O)N3CCOCC3)cc2)c1. The predicted octanol–water partition coefficient (Wildman–Crippen LogP) is 2.73. The summed E-state index contributed by atoms with van der Waals surface area (Å²) in [5.41, 5.74) is 2.63. The van der Waals surface area contributed by atoms with Crippen molar-refractivity contribution in [1.82, 2.24) is 4.31 Å². The summed E-state index contributed by atoms with van der Waals surface area (Å²) in [6.07, 6.45) is -0.701. The first-order chi connectivity index (χ1) is 13.8. The molecule has 0 aromatic heterocycles. The summed E-state index contributed by atoms with van der Waals surface area (Å²) in [6, 6.07) is 11.9. The molecule has 3 rings (SSSR count). The number of morpholine rings is 1. The number of aryl methyl sites for hydroxylation is 2. The maximum absolute atomic E-state index is 12.7. The van der Waals surface area contributed by atoms with E-state index in [9.17, 15) is 13.2 Å². The molecule has 29 heavy (non-hydrogen) atoms. The molecule has 1 atom stereocenters. The van der Waals surface area contributed by atoms with Crippen LogP contribution in [0.5, 0.6) is 5.75 Å². The van der Waals surface area contributed by atoms with E-state index in [1.165, 1.54) is 16.4 Å². The lowest BCUT2D eigenvalue weighted by Gasteiger charge is -2.26. The number of nitrogens with one attached hydrogen (secondary N) is 1. The van der Waals surface area contributed by atoms with Crippen molar-refractivity contribution in [1.29, 1.82) is 0 Å². The van der Waals surface area contributed by atoms with Crippen LogP contribution in [0.1, 0.15) is 18.1 Å². The summed E-state index contributed by atoms with van der Waals surface area (Å²) in [7, 11) is -3.56. The molecule has 0 radical (unpaired) electrons. The highest BCUT2D eigenvalue weighted by atomic mass is 32.2. The second-order valence-electron chi connectivity index (χ2n) is 7.11. The van der Waals surface area contributed by atoms with Gasteiger partial charge in [0, 0.05) is 18.8 Å². The molecule has 0 bridgehead atoms. The number of carbonyl (C=O) groups excluding carboxylic acids is 1. The molecule has 7 nitrogen and oxygen atoms in total. The predicted molar refractivity (Wildman–Crippen MR) is 111 cm³/mol. The van der Waals surface area contributed by atoms with Gasteiger partial charge >= 0.3 is 0 Å². The van der Waals surface area contributed by atoms with E-state index in [0.717, 1.165) is 11.1 Å². The number of hydrogen-bond acceptors (Lipinski definition) is 5. The van der Waals surface area contributed by atoms with E-state index in [-0.39, 0.29) is 10.8 Å². The number of ether oxygens (including phenoxy) is 2. The summed E-state index contributed by atoms with van der Waals surface area (Å²) < 4.78 is 37.7. The molecule has 1 heterocycles. The highest BCUT2D eigenvalue weighted by Crippen LogP contribution is 2.21. The van der Waals surface area contributed by atoms with Crippen molar-refractivity contribution < 1.29 is 22.7 Å². The number of amides is 1. The molecule has 1 amide bonds. The normalized spacial score (nSPS) is 16.2. The molecule has 8 heteroatoms. The quantitative estimate of drug-likeness (QED) is 0.780. The van der Waals surface area contributed by atoms with Crippen LogP contribution >= 0.6 is 0 Å². The summed E-state index contributed by atoms with van der Waals surface area (Å²) >= 11 is 0. The smallest absolute Gasteiger partial charge is 0.265 e. The van der Waals surface area contributed by atoms with E-state index in [0.29, 0.717) is 37.7 Å². The van der Waals surface area contributed by atoms with Gasteiger partial charge in [0.15, 0.2) is 6.10 Å². The Morgan fingerprint density at radius 2 is 1.66 bits per heavy atom. The Morgan fingerprint density at radius 3 is 2.24 bits per heavy atom. The van der Waals surface area contributed by atoms with Crippen LogP contribution < -0.4 is 10.1 Å². The number of anilines is 1. The first-order valence-corrected chi connectivity index (χ1v) is 10.9. The summed E-state index contributed by atoms with van der Waals surface area (Å²) in [6.45, 7) is 7.08. The van der Waals surface area contributed by atoms with Crippen molar-refractivity contribution >= 4 is 21.6 Å². The third-order valence-electron chi connectivity index (χ3n) is 4.61. The van der Waals surface area contributed by atoms with Gasteiger partial charge in [-0.05, 0) is 68.3 Å². The van der Waals surface area contributed by atoms with Gasteiger partial charge in [0.25, 0.3) is 5.91 Å². The van der Waals surface area contributed by atoms with Crippen LogP contribution in [0.2, 0.25) is 0 Å². The zero-order chi connectivity index (χ0) is 21.0. The Hall–Kier alpha value is -2.42. The minimum atomic E-state index is -3.56. The first-order valence-electron chi connectivity index (χ1n) is 9.49. The minimum absolute atomic E-state index is 0.192. The van der Waals surface area contributed by atoms with E-state index >= 15 is 0 Å². The van der Waals surface area contributed by atoms with Crippen molar-refractivity contribution in [3.8, 4) is 5.75 Å². The second-order valence-corrected chi connectivity index (χ2v) is 9.05. The molecule has 0 unspecified atom stereocenters. The fraction of sp³-hybridized carbons (Fsp3) is 0.381. The van der Waals surface area contributed by atoms with Crippen LogP contribution in [0.15, 0.2) is 47.4 Å². The number of carbonyl (C=O) groups is 1. The van der Waals surface area contributed by atoms with Gasteiger partial charge in [0.2, 0.25) is 10.0 Å². The van der Waals surface area contributed by atoms with Gasteiger partial charge in [-0.25, -0.2) is 8.42 Å². The monoisotopic (exact) mass is 418 g/mol. The van der Waals surface area contributed by atoms with E-state index in [4.69, 9.17) is 9.47 Å². The highest BCUT2D eigenvalue weighted by Gasteiger charge is 2.26. The lowest BCUT2D eigenvalue weighted by Crippen LogP contribution is -2.40. The van der Waals surface area contributed by atoms with Crippen molar-refractivity contribution in [3.63, 3.8) is 0 Å². The molecule has 1 aliphatic rings. The van der Waals surface area contributed by atoms with Crippen LogP contribution in [0.4, 0.5) is 5.69 Å². The molecule has 0 spiro atoms. The Labute approximate surface area is 171 Å². The Balaban J connectivity index is 1.63. The molecule has 2 aromatic rings. The Bertz CT molecular complexity index is 947. The molecule has 1 aliphatic heterocycles. The third kappa shape index (κ3) is 5.35. The Kier molecular flexibility index (Phi) is 6.56. The standard InChI is InChI=1S/C21H26N2O5S/c1-15-12-16(2)14-19(13-15)28-17(3)21(24)22-18-4-6-20(7-5-18)29(25,26)23-8-10-27-11-9-23/h4-7,12-14,17H,8-11H2,1-3H3,(H,22,24)/t17-/m0/s1. The highest BCUT2D eigenvalue weighted by molar-refractivity contribution is 7.89. The van der Waals surface area contributed by atoms with Gasteiger partial charge in [0.05, 0.1) is 18.1 Å². The van der Waals surface area contributed by atoms with E-state index in [1.54, 1.807) is 19.1 Å². The molecule has 0 aliphatic carbocycles. The molecule has 0 saturated carbocycles. The maximum atomic E-state index is 12.7. The number of hydrogen-bond donors (Lipinski definition) is 1. The average molecular weight is 419 g/mol. The van der Waals surface area contributed by atoms with Crippen LogP contribution in [-0.4, -0.2) is 51.0 Å². The molecule has 156 valence electrons. The second kappa shape index (κ2) is 8.94. The summed E-state index contributed by atoms with van der Waals surface area (Å²) in [5.74, 6) is 0.324. The van der Waals surface area contributed by atoms with E-state index < -0.39 is 16.1 Å². The molecule has 1 N–H and O–H groups in total. The Morgan fingerprint density at radius 1 is 1.07 bits per heavy atom. The summed E-state index contributed by atoms with van der Waals surface area (Å²) in [4.78, 5) is 12.6. The topological polar surface area (TPSA) is 84.9 Å². The van der Waals surface area contributed by atoms with Gasteiger partial charge in [-0.2, -0.15) is 4.31 Å². The van der Waals surface area contributed by atoms with Gasteiger partial charge in [-0.15, -0.1) is 0 Å².